The highest BCUT2D eigenvalue weighted by molar-refractivity contribution is 6.31. The summed E-state index contributed by atoms with van der Waals surface area (Å²) in [5.74, 6) is -0.706. The molecular formula is C22H22ClN5O4. The summed E-state index contributed by atoms with van der Waals surface area (Å²) in [5, 5.41) is 5.79. The van der Waals surface area contributed by atoms with Gasteiger partial charge in [-0.15, -0.1) is 0 Å². The summed E-state index contributed by atoms with van der Waals surface area (Å²) in [6, 6.07) is 8.91. The number of amides is 2. The minimum Gasteiger partial charge on any atom is -0.329 e. The van der Waals surface area contributed by atoms with Gasteiger partial charge in [0.1, 0.15) is 6.54 Å². The molecule has 0 bridgehead atoms. The lowest BCUT2D eigenvalue weighted by Crippen LogP contribution is -2.28. The highest BCUT2D eigenvalue weighted by Gasteiger charge is 2.23. The second-order valence-electron chi connectivity index (χ2n) is 8.12. The molecule has 0 spiro atoms. The van der Waals surface area contributed by atoms with Gasteiger partial charge in [0.2, 0.25) is 17.4 Å². The Morgan fingerprint density at radius 2 is 1.84 bits per heavy atom. The molecule has 0 aliphatic carbocycles. The van der Waals surface area contributed by atoms with Crippen molar-refractivity contribution in [2.45, 2.75) is 27.3 Å². The van der Waals surface area contributed by atoms with Crippen LogP contribution in [-0.2, 0) is 16.1 Å². The van der Waals surface area contributed by atoms with Gasteiger partial charge >= 0.3 is 0 Å². The minimum absolute atomic E-state index is 0.217. The molecule has 3 aromatic rings. The van der Waals surface area contributed by atoms with E-state index < -0.39 is 16.9 Å². The molecule has 0 fully saturated rings. The fourth-order valence-corrected chi connectivity index (χ4v) is 2.89. The van der Waals surface area contributed by atoms with E-state index in [1.54, 1.807) is 39.0 Å². The molecule has 3 rings (SSSR count). The van der Waals surface area contributed by atoms with E-state index in [-0.39, 0.29) is 18.0 Å². The Labute approximate surface area is 188 Å². The number of aromatic amines is 1. The molecule has 2 heterocycles. The lowest BCUT2D eigenvalue weighted by molar-refractivity contribution is -0.123. The topological polar surface area (TPSA) is 126 Å². The Hall–Kier alpha value is -3.72. The number of nitrogens with one attached hydrogen (secondary N) is 3. The monoisotopic (exact) mass is 455 g/mol. The highest BCUT2D eigenvalue weighted by Crippen LogP contribution is 2.30. The molecule has 166 valence electrons. The molecule has 3 N–H and O–H groups in total. The molecule has 0 saturated heterocycles. The predicted octanol–water partition coefficient (Wildman–Crippen LogP) is 2.88. The molecule has 0 saturated carbocycles. The molecule has 0 atom stereocenters. The zero-order valence-corrected chi connectivity index (χ0v) is 18.5. The number of benzene rings is 1. The van der Waals surface area contributed by atoms with Crippen LogP contribution in [0.1, 0.15) is 20.8 Å². The fraction of sp³-hybridized carbons (Fsp3) is 0.227. The maximum Gasteiger partial charge on any atom is 0.254 e. The molecule has 32 heavy (non-hydrogen) atoms. The van der Waals surface area contributed by atoms with Crippen molar-refractivity contribution in [3.8, 4) is 11.3 Å². The quantitative estimate of drug-likeness (QED) is 0.545. The van der Waals surface area contributed by atoms with Crippen LogP contribution in [0.5, 0.6) is 0 Å². The van der Waals surface area contributed by atoms with Crippen LogP contribution in [0.15, 0.2) is 58.5 Å². The van der Waals surface area contributed by atoms with Crippen molar-refractivity contribution in [1.29, 1.82) is 0 Å². The summed E-state index contributed by atoms with van der Waals surface area (Å²) >= 11 is 6.09. The van der Waals surface area contributed by atoms with E-state index in [1.165, 1.54) is 30.7 Å². The molecule has 10 heteroatoms. The first kappa shape index (κ1) is 23.0. The number of rotatable bonds is 5. The van der Waals surface area contributed by atoms with Crippen LogP contribution in [0.3, 0.4) is 0 Å². The summed E-state index contributed by atoms with van der Waals surface area (Å²) < 4.78 is 1.13. The van der Waals surface area contributed by atoms with Crippen LogP contribution >= 0.6 is 11.6 Å². The SMILES string of the molecule is CC(C)(C)C(=O)Nc1cc(Cl)ccc1-c1cc(=O)n(CC(=O)Nc2cc[nH]c(=O)c2)cn1. The standard InChI is InChI=1S/C22H22ClN5O4/c1-22(2,3)21(32)27-17-8-13(23)4-5-15(17)16-10-20(31)28(12-25-16)11-19(30)26-14-6-7-24-18(29)9-14/h4-10,12H,11H2,1-3H3,(H,27,32)(H2,24,26,29,30). The van der Waals surface area contributed by atoms with E-state index in [0.29, 0.717) is 27.7 Å². The van der Waals surface area contributed by atoms with Gasteiger partial charge in [-0.1, -0.05) is 32.4 Å². The maximum absolute atomic E-state index is 12.6. The second-order valence-corrected chi connectivity index (χ2v) is 8.56. The summed E-state index contributed by atoms with van der Waals surface area (Å²) in [6.07, 6.45) is 2.65. The van der Waals surface area contributed by atoms with Gasteiger partial charge in [0.15, 0.2) is 0 Å². The molecule has 2 aromatic heterocycles. The van der Waals surface area contributed by atoms with Crippen molar-refractivity contribution in [3.05, 3.63) is 74.7 Å². The van der Waals surface area contributed by atoms with Gasteiger partial charge in [-0.3, -0.25) is 23.7 Å². The van der Waals surface area contributed by atoms with Crippen LogP contribution in [0.4, 0.5) is 11.4 Å². The van der Waals surface area contributed by atoms with Crippen molar-refractivity contribution in [1.82, 2.24) is 14.5 Å². The number of aromatic nitrogens is 3. The van der Waals surface area contributed by atoms with Crippen molar-refractivity contribution in [3.63, 3.8) is 0 Å². The van der Waals surface area contributed by atoms with Gasteiger partial charge in [-0.05, 0) is 24.3 Å². The Morgan fingerprint density at radius 1 is 1.09 bits per heavy atom. The zero-order valence-electron chi connectivity index (χ0n) is 17.7. The number of carbonyl (C=O) groups is 2. The van der Waals surface area contributed by atoms with E-state index in [1.807, 2.05) is 0 Å². The number of hydrogen-bond acceptors (Lipinski definition) is 5. The second kappa shape index (κ2) is 9.19. The van der Waals surface area contributed by atoms with Crippen LogP contribution < -0.4 is 21.8 Å². The normalized spacial score (nSPS) is 11.1. The number of halogens is 1. The van der Waals surface area contributed by atoms with Crippen molar-refractivity contribution >= 4 is 34.8 Å². The Balaban J connectivity index is 1.83. The number of H-pyrrole nitrogens is 1. The van der Waals surface area contributed by atoms with Gasteiger partial charge in [-0.2, -0.15) is 0 Å². The van der Waals surface area contributed by atoms with E-state index in [9.17, 15) is 19.2 Å². The molecule has 0 unspecified atom stereocenters. The number of anilines is 2. The van der Waals surface area contributed by atoms with Crippen molar-refractivity contribution in [2.24, 2.45) is 5.41 Å². The first-order chi connectivity index (χ1) is 15.0. The largest absolute Gasteiger partial charge is 0.329 e. The summed E-state index contributed by atoms with van der Waals surface area (Å²) in [7, 11) is 0. The molecule has 1 aromatic carbocycles. The summed E-state index contributed by atoms with van der Waals surface area (Å²) in [5.41, 5.74) is 0.132. The number of carbonyl (C=O) groups excluding carboxylic acids is 2. The third-order valence-corrected chi connectivity index (χ3v) is 4.67. The first-order valence-electron chi connectivity index (χ1n) is 9.69. The van der Waals surface area contributed by atoms with Gasteiger partial charge in [-0.25, -0.2) is 4.98 Å². The third kappa shape index (κ3) is 5.70. The molecule has 0 aliphatic heterocycles. The fourth-order valence-electron chi connectivity index (χ4n) is 2.72. The third-order valence-electron chi connectivity index (χ3n) is 4.44. The molecular weight excluding hydrogens is 434 g/mol. The number of nitrogens with zero attached hydrogens (tertiary/aromatic N) is 2. The summed E-state index contributed by atoms with van der Waals surface area (Å²) in [4.78, 5) is 55.3. The van der Waals surface area contributed by atoms with Crippen LogP contribution in [0, 0.1) is 5.41 Å². The van der Waals surface area contributed by atoms with Gasteiger partial charge in [0, 0.05) is 40.0 Å². The van der Waals surface area contributed by atoms with Gasteiger partial charge in [0.25, 0.3) is 5.56 Å². The maximum atomic E-state index is 12.6. The van der Waals surface area contributed by atoms with Gasteiger partial charge in [0.05, 0.1) is 17.7 Å². The van der Waals surface area contributed by atoms with E-state index in [4.69, 9.17) is 11.6 Å². The average molecular weight is 456 g/mol. The smallest absolute Gasteiger partial charge is 0.254 e. The molecule has 9 nitrogen and oxygen atoms in total. The Morgan fingerprint density at radius 3 is 2.50 bits per heavy atom. The van der Waals surface area contributed by atoms with Crippen LogP contribution in [-0.4, -0.2) is 26.3 Å². The first-order valence-corrected chi connectivity index (χ1v) is 10.1. The van der Waals surface area contributed by atoms with Crippen molar-refractivity contribution < 1.29 is 9.59 Å². The highest BCUT2D eigenvalue weighted by atomic mass is 35.5. The van der Waals surface area contributed by atoms with Gasteiger partial charge < -0.3 is 15.6 Å². The molecule has 2 amide bonds. The van der Waals surface area contributed by atoms with Crippen LogP contribution in [0.2, 0.25) is 5.02 Å². The van der Waals surface area contributed by atoms with Crippen LogP contribution in [0.25, 0.3) is 11.3 Å². The number of hydrogen-bond donors (Lipinski definition) is 3. The Bertz CT molecular complexity index is 1290. The zero-order chi connectivity index (χ0) is 23.5. The van der Waals surface area contributed by atoms with Crippen molar-refractivity contribution in [2.75, 3.05) is 10.6 Å². The van der Waals surface area contributed by atoms with E-state index in [0.717, 1.165) is 4.57 Å². The predicted molar refractivity (Wildman–Crippen MR) is 123 cm³/mol. The van der Waals surface area contributed by atoms with E-state index >= 15 is 0 Å². The van der Waals surface area contributed by atoms with E-state index in [2.05, 4.69) is 20.6 Å². The lowest BCUT2D eigenvalue weighted by atomic mass is 9.95. The molecule has 0 radical (unpaired) electrons. The summed E-state index contributed by atoms with van der Waals surface area (Å²) in [6.45, 7) is 5.06. The molecule has 0 aliphatic rings. The average Bonchev–Trinajstić information content (AvgIpc) is 2.69. The lowest BCUT2D eigenvalue weighted by Gasteiger charge is -2.19. The number of pyridine rings is 1. The minimum atomic E-state index is -0.632. The Kier molecular flexibility index (Phi) is 6.59.